The van der Waals surface area contributed by atoms with Gasteiger partial charge in [-0.2, -0.15) is 0 Å². The molecule has 0 spiro atoms. The van der Waals surface area contributed by atoms with Crippen LogP contribution < -0.4 is 10.5 Å². The Morgan fingerprint density at radius 1 is 1.29 bits per heavy atom. The molecule has 2 N–H and O–H groups in total. The van der Waals surface area contributed by atoms with E-state index in [9.17, 15) is 13.6 Å². The van der Waals surface area contributed by atoms with Crippen LogP contribution in [0.2, 0.25) is 0 Å². The Labute approximate surface area is 119 Å². The van der Waals surface area contributed by atoms with E-state index in [1.54, 1.807) is 0 Å². The molecule has 2 rings (SSSR count). The van der Waals surface area contributed by atoms with Gasteiger partial charge < -0.3 is 15.2 Å². The molecule has 0 aliphatic carbocycles. The number of pyridine rings is 1. The van der Waals surface area contributed by atoms with Gasteiger partial charge in [0.15, 0.2) is 17.3 Å². The average molecular weight is 294 g/mol. The topological polar surface area (TPSA) is 74.4 Å². The maximum absolute atomic E-state index is 14.3. The van der Waals surface area contributed by atoms with Crippen LogP contribution in [-0.4, -0.2) is 25.2 Å². The number of ether oxygens (including phenoxy) is 2. The Hall–Kier alpha value is -2.70. The minimum atomic E-state index is -0.898. The van der Waals surface area contributed by atoms with Crippen molar-refractivity contribution in [3.63, 3.8) is 0 Å². The Kier molecular flexibility index (Phi) is 4.02. The molecule has 1 aromatic heterocycles. The fraction of sp³-hybridized carbons (Fsp3) is 0.143. The lowest BCUT2D eigenvalue weighted by molar-refractivity contribution is 0.0590. The van der Waals surface area contributed by atoms with Gasteiger partial charge in [0, 0.05) is 5.56 Å². The Balaban J connectivity index is 2.73. The summed E-state index contributed by atoms with van der Waals surface area (Å²) in [6, 6.07) is 5.12. The van der Waals surface area contributed by atoms with Gasteiger partial charge in [-0.25, -0.2) is 18.6 Å². The molecule has 110 valence electrons. The summed E-state index contributed by atoms with van der Waals surface area (Å²) in [7, 11) is 2.37. The first-order valence-electron chi connectivity index (χ1n) is 5.86. The molecule has 1 aromatic carbocycles. The van der Waals surface area contributed by atoms with Crippen LogP contribution in [-0.2, 0) is 4.74 Å². The number of nitrogens with two attached hydrogens (primary N) is 1. The third-order valence-electron chi connectivity index (χ3n) is 2.81. The van der Waals surface area contributed by atoms with Crippen LogP contribution in [0.25, 0.3) is 11.3 Å². The lowest BCUT2D eigenvalue weighted by atomic mass is 10.1. The van der Waals surface area contributed by atoms with Crippen molar-refractivity contribution in [2.75, 3.05) is 20.0 Å². The molecule has 1 heterocycles. The maximum Gasteiger partial charge on any atom is 0.360 e. The number of aromatic nitrogens is 1. The van der Waals surface area contributed by atoms with E-state index in [1.165, 1.54) is 25.3 Å². The summed E-state index contributed by atoms with van der Waals surface area (Å²) in [6.07, 6.45) is 0. The van der Waals surface area contributed by atoms with Crippen LogP contribution in [0.1, 0.15) is 10.5 Å². The zero-order chi connectivity index (χ0) is 15.6. The number of hydrogen-bond acceptors (Lipinski definition) is 5. The van der Waals surface area contributed by atoms with Gasteiger partial charge in [0.1, 0.15) is 17.2 Å². The third-order valence-corrected chi connectivity index (χ3v) is 2.81. The number of esters is 1. The van der Waals surface area contributed by atoms with Crippen molar-refractivity contribution in [3.8, 4) is 17.0 Å². The third kappa shape index (κ3) is 2.62. The summed E-state index contributed by atoms with van der Waals surface area (Å²) >= 11 is 0. The summed E-state index contributed by atoms with van der Waals surface area (Å²) in [5.74, 6) is -2.52. The molecule has 0 saturated heterocycles. The van der Waals surface area contributed by atoms with Crippen molar-refractivity contribution in [2.24, 2.45) is 0 Å². The molecule has 0 atom stereocenters. The van der Waals surface area contributed by atoms with Crippen LogP contribution in [0.5, 0.6) is 5.75 Å². The fourth-order valence-electron chi connectivity index (χ4n) is 1.84. The highest BCUT2D eigenvalue weighted by Crippen LogP contribution is 2.34. The SMILES string of the molecule is COC(=O)c1nc(-c2cccc(F)c2)c(F)c(N)c1OC. The normalized spacial score (nSPS) is 10.3. The second-order valence-electron chi connectivity index (χ2n) is 4.07. The van der Waals surface area contributed by atoms with E-state index < -0.39 is 23.3 Å². The van der Waals surface area contributed by atoms with Gasteiger partial charge in [0.25, 0.3) is 0 Å². The molecular weight excluding hydrogens is 282 g/mol. The van der Waals surface area contributed by atoms with Crippen molar-refractivity contribution >= 4 is 11.7 Å². The smallest absolute Gasteiger partial charge is 0.360 e. The number of hydrogen-bond donors (Lipinski definition) is 1. The molecule has 2 aromatic rings. The van der Waals surface area contributed by atoms with Gasteiger partial charge in [0.2, 0.25) is 0 Å². The number of nitrogens with zero attached hydrogens (tertiary/aromatic N) is 1. The van der Waals surface area contributed by atoms with Gasteiger partial charge in [-0.15, -0.1) is 0 Å². The molecule has 0 bridgehead atoms. The van der Waals surface area contributed by atoms with E-state index >= 15 is 0 Å². The van der Waals surface area contributed by atoms with Crippen molar-refractivity contribution in [2.45, 2.75) is 0 Å². The number of anilines is 1. The summed E-state index contributed by atoms with van der Waals surface area (Å²) < 4.78 is 37.0. The van der Waals surface area contributed by atoms with Crippen LogP contribution in [0.4, 0.5) is 14.5 Å². The number of methoxy groups -OCH3 is 2. The Morgan fingerprint density at radius 3 is 2.57 bits per heavy atom. The predicted octanol–water partition coefficient (Wildman–Crippen LogP) is 2.40. The van der Waals surface area contributed by atoms with Gasteiger partial charge >= 0.3 is 5.97 Å². The quantitative estimate of drug-likeness (QED) is 0.880. The number of nitrogen functional groups attached to an aromatic ring is 1. The van der Waals surface area contributed by atoms with Gasteiger partial charge in [-0.05, 0) is 12.1 Å². The molecule has 0 unspecified atom stereocenters. The van der Waals surface area contributed by atoms with Crippen LogP contribution in [0.15, 0.2) is 24.3 Å². The highest BCUT2D eigenvalue weighted by atomic mass is 19.1. The second-order valence-corrected chi connectivity index (χ2v) is 4.07. The lowest BCUT2D eigenvalue weighted by Gasteiger charge is -2.13. The van der Waals surface area contributed by atoms with Crippen molar-refractivity contribution in [1.29, 1.82) is 0 Å². The van der Waals surface area contributed by atoms with E-state index in [0.717, 1.165) is 13.2 Å². The Morgan fingerprint density at radius 2 is 2.00 bits per heavy atom. The summed E-state index contributed by atoms with van der Waals surface area (Å²) in [5.41, 5.74) is 4.83. The molecule has 7 heteroatoms. The molecule has 0 aliphatic heterocycles. The monoisotopic (exact) mass is 294 g/mol. The molecule has 21 heavy (non-hydrogen) atoms. The van der Waals surface area contributed by atoms with Crippen molar-refractivity contribution in [1.82, 2.24) is 4.98 Å². The standard InChI is InChI=1S/C14H12F2N2O3/c1-20-13-10(17)9(16)11(18-12(13)14(19)21-2)7-4-3-5-8(15)6-7/h3-6H,1-2H3,(H2,17,18). The fourth-order valence-corrected chi connectivity index (χ4v) is 1.84. The summed E-state index contributed by atoms with van der Waals surface area (Å²) in [4.78, 5) is 15.6. The average Bonchev–Trinajstić information content (AvgIpc) is 2.48. The molecule has 0 radical (unpaired) electrons. The Bertz CT molecular complexity index is 705. The number of halogens is 2. The molecule has 5 nitrogen and oxygen atoms in total. The minimum absolute atomic E-state index is 0.145. The second kappa shape index (κ2) is 5.74. The number of benzene rings is 1. The first kappa shape index (κ1) is 14.7. The van der Waals surface area contributed by atoms with Crippen molar-refractivity contribution < 1.29 is 23.0 Å². The van der Waals surface area contributed by atoms with E-state index in [-0.39, 0.29) is 22.7 Å². The minimum Gasteiger partial charge on any atom is -0.492 e. The van der Waals surface area contributed by atoms with Crippen molar-refractivity contribution in [3.05, 3.63) is 41.6 Å². The number of carbonyl (C=O) groups is 1. The van der Waals surface area contributed by atoms with E-state index in [4.69, 9.17) is 10.5 Å². The number of rotatable bonds is 3. The predicted molar refractivity (Wildman–Crippen MR) is 71.9 cm³/mol. The van der Waals surface area contributed by atoms with Crippen LogP contribution in [0.3, 0.4) is 0 Å². The van der Waals surface area contributed by atoms with E-state index in [1.807, 2.05) is 0 Å². The maximum atomic E-state index is 14.3. The lowest BCUT2D eigenvalue weighted by Crippen LogP contribution is -2.12. The summed E-state index contributed by atoms with van der Waals surface area (Å²) in [6.45, 7) is 0. The molecule has 0 saturated carbocycles. The summed E-state index contributed by atoms with van der Waals surface area (Å²) in [5, 5.41) is 0. The van der Waals surface area contributed by atoms with Gasteiger partial charge in [-0.3, -0.25) is 0 Å². The highest BCUT2D eigenvalue weighted by molar-refractivity contribution is 5.93. The highest BCUT2D eigenvalue weighted by Gasteiger charge is 2.24. The molecule has 0 amide bonds. The van der Waals surface area contributed by atoms with Crippen LogP contribution in [0, 0.1) is 11.6 Å². The molecule has 0 fully saturated rings. The van der Waals surface area contributed by atoms with Gasteiger partial charge in [-0.1, -0.05) is 12.1 Å². The first-order chi connectivity index (χ1) is 9.99. The van der Waals surface area contributed by atoms with Gasteiger partial charge in [0.05, 0.1) is 14.2 Å². The largest absolute Gasteiger partial charge is 0.492 e. The first-order valence-corrected chi connectivity index (χ1v) is 5.86. The van der Waals surface area contributed by atoms with E-state index in [0.29, 0.717) is 0 Å². The van der Waals surface area contributed by atoms with Crippen LogP contribution >= 0.6 is 0 Å². The number of carbonyl (C=O) groups excluding carboxylic acids is 1. The zero-order valence-corrected chi connectivity index (χ0v) is 11.3. The van der Waals surface area contributed by atoms with E-state index in [2.05, 4.69) is 9.72 Å². The zero-order valence-electron chi connectivity index (χ0n) is 11.3. The molecule has 0 aliphatic rings. The molecular formula is C14H12F2N2O3.